The lowest BCUT2D eigenvalue weighted by atomic mass is 9.78. The average molecular weight is 356 g/mol. The molecule has 6 heteroatoms. The first-order valence-corrected chi connectivity index (χ1v) is 8.75. The van der Waals surface area contributed by atoms with Gasteiger partial charge in [0.15, 0.2) is 0 Å². The highest BCUT2D eigenvalue weighted by molar-refractivity contribution is 6.30. The van der Waals surface area contributed by atoms with E-state index in [2.05, 4.69) is 5.32 Å². The number of aliphatic carboxylic acids is 1. The molecule has 1 aliphatic rings. The van der Waals surface area contributed by atoms with Crippen molar-refractivity contribution in [3.05, 3.63) is 34.6 Å². The van der Waals surface area contributed by atoms with Gasteiger partial charge in [0, 0.05) is 24.8 Å². The lowest BCUT2D eigenvalue weighted by molar-refractivity contribution is -0.137. The maximum atomic E-state index is 14.4. The number of nitrogens with one attached hydrogen (secondary N) is 1. The molecule has 0 radical (unpaired) electrons. The van der Waals surface area contributed by atoms with Crippen LogP contribution in [0.1, 0.15) is 56.9 Å². The van der Waals surface area contributed by atoms with Crippen molar-refractivity contribution >= 4 is 23.5 Å². The molecule has 0 aliphatic heterocycles. The molecule has 1 aromatic carbocycles. The van der Waals surface area contributed by atoms with Gasteiger partial charge in [-0.2, -0.15) is 0 Å². The van der Waals surface area contributed by atoms with Crippen LogP contribution in [0.2, 0.25) is 5.02 Å². The fraction of sp³-hybridized carbons (Fsp3) is 0.556. The first kappa shape index (κ1) is 18.7. The summed E-state index contributed by atoms with van der Waals surface area (Å²) >= 11 is 5.92. The summed E-state index contributed by atoms with van der Waals surface area (Å²) in [5, 5.41) is 11.6. The summed E-state index contributed by atoms with van der Waals surface area (Å²) in [5.41, 5.74) is 0.185. The summed E-state index contributed by atoms with van der Waals surface area (Å²) in [5.74, 6) is -1.36. The van der Waals surface area contributed by atoms with Crippen molar-refractivity contribution < 1.29 is 19.1 Å². The maximum absolute atomic E-state index is 14.4. The first-order chi connectivity index (χ1) is 11.4. The van der Waals surface area contributed by atoms with Gasteiger partial charge in [0.2, 0.25) is 5.91 Å². The standard InChI is InChI=1S/C18H23ClFNO3/c19-14-7-5-6-13(17(14)20)18(10-3-4-11-18)12-21-15(22)8-1-2-9-16(23)24/h5-7H,1-4,8-12H2,(H,21,22)(H,23,24). The van der Waals surface area contributed by atoms with Crippen LogP contribution in [0.15, 0.2) is 18.2 Å². The van der Waals surface area contributed by atoms with Gasteiger partial charge < -0.3 is 10.4 Å². The van der Waals surface area contributed by atoms with Crippen molar-refractivity contribution in [2.75, 3.05) is 6.54 Å². The largest absolute Gasteiger partial charge is 0.481 e. The van der Waals surface area contributed by atoms with E-state index in [-0.39, 0.29) is 17.4 Å². The van der Waals surface area contributed by atoms with Crippen LogP contribution in [0, 0.1) is 5.82 Å². The van der Waals surface area contributed by atoms with E-state index in [1.165, 1.54) is 6.07 Å². The van der Waals surface area contributed by atoms with Gasteiger partial charge in [-0.3, -0.25) is 9.59 Å². The maximum Gasteiger partial charge on any atom is 0.303 e. The molecular weight excluding hydrogens is 333 g/mol. The molecule has 1 fully saturated rings. The Kier molecular flexibility index (Phi) is 6.60. The molecule has 132 valence electrons. The molecule has 0 heterocycles. The molecule has 2 N–H and O–H groups in total. The highest BCUT2D eigenvalue weighted by Crippen LogP contribution is 2.42. The molecule has 0 unspecified atom stereocenters. The summed E-state index contributed by atoms with van der Waals surface area (Å²) in [6, 6.07) is 5.03. The van der Waals surface area contributed by atoms with Crippen LogP contribution in [0.3, 0.4) is 0 Å². The van der Waals surface area contributed by atoms with Gasteiger partial charge >= 0.3 is 5.97 Å². The van der Waals surface area contributed by atoms with Gasteiger partial charge in [0.25, 0.3) is 0 Å². The third kappa shape index (κ3) is 4.69. The van der Waals surface area contributed by atoms with E-state index in [1.54, 1.807) is 12.1 Å². The molecule has 24 heavy (non-hydrogen) atoms. The molecule has 0 bridgehead atoms. The predicted octanol–water partition coefficient (Wildman–Crippen LogP) is 4.05. The number of carbonyl (C=O) groups excluding carboxylic acids is 1. The molecule has 0 saturated heterocycles. The van der Waals surface area contributed by atoms with Crippen molar-refractivity contribution in [1.29, 1.82) is 0 Å². The van der Waals surface area contributed by atoms with Crippen molar-refractivity contribution in [3.8, 4) is 0 Å². The molecule has 0 spiro atoms. The Bertz CT molecular complexity index is 600. The summed E-state index contributed by atoms with van der Waals surface area (Å²) in [6.07, 6.45) is 5.04. The highest BCUT2D eigenvalue weighted by Gasteiger charge is 2.38. The van der Waals surface area contributed by atoms with Gasteiger partial charge in [0.1, 0.15) is 5.82 Å². The number of carboxylic acid groups (broad SMARTS) is 1. The first-order valence-electron chi connectivity index (χ1n) is 8.38. The van der Waals surface area contributed by atoms with Crippen LogP contribution in [0.25, 0.3) is 0 Å². The lowest BCUT2D eigenvalue weighted by Gasteiger charge is -2.30. The smallest absolute Gasteiger partial charge is 0.303 e. The second-order valence-electron chi connectivity index (χ2n) is 6.47. The Morgan fingerprint density at radius 3 is 2.54 bits per heavy atom. The highest BCUT2D eigenvalue weighted by atomic mass is 35.5. The number of rotatable bonds is 8. The second kappa shape index (κ2) is 8.47. The minimum Gasteiger partial charge on any atom is -0.481 e. The fourth-order valence-corrected chi connectivity index (χ4v) is 3.60. The zero-order valence-corrected chi connectivity index (χ0v) is 14.4. The van der Waals surface area contributed by atoms with Gasteiger partial charge in [-0.05, 0) is 37.3 Å². The quantitative estimate of drug-likeness (QED) is 0.691. The molecule has 0 aromatic heterocycles. The summed E-state index contributed by atoms with van der Waals surface area (Å²) in [7, 11) is 0. The van der Waals surface area contributed by atoms with Crippen molar-refractivity contribution in [2.45, 2.75) is 56.8 Å². The molecule has 1 amide bonds. The van der Waals surface area contributed by atoms with Crippen LogP contribution in [-0.2, 0) is 15.0 Å². The average Bonchev–Trinajstić information content (AvgIpc) is 3.02. The number of amides is 1. The van der Waals surface area contributed by atoms with Gasteiger partial charge in [-0.25, -0.2) is 4.39 Å². The third-order valence-corrected chi connectivity index (χ3v) is 5.04. The molecule has 1 aliphatic carbocycles. The van der Waals surface area contributed by atoms with Gasteiger partial charge in [-0.1, -0.05) is 36.6 Å². The summed E-state index contributed by atoms with van der Waals surface area (Å²) in [4.78, 5) is 22.4. The lowest BCUT2D eigenvalue weighted by Crippen LogP contribution is -2.39. The van der Waals surface area contributed by atoms with Crippen LogP contribution in [0.4, 0.5) is 4.39 Å². The predicted molar refractivity (Wildman–Crippen MR) is 90.7 cm³/mol. The Hall–Kier alpha value is -1.62. The number of hydrogen-bond acceptors (Lipinski definition) is 2. The Morgan fingerprint density at radius 2 is 1.88 bits per heavy atom. The zero-order valence-electron chi connectivity index (χ0n) is 13.6. The minimum atomic E-state index is -0.850. The number of unbranched alkanes of at least 4 members (excludes halogenated alkanes) is 1. The van der Waals surface area contributed by atoms with E-state index in [0.717, 1.165) is 25.7 Å². The van der Waals surface area contributed by atoms with E-state index >= 15 is 0 Å². The number of benzene rings is 1. The van der Waals surface area contributed by atoms with Gasteiger partial charge in [0.05, 0.1) is 5.02 Å². The fourth-order valence-electron chi connectivity index (χ4n) is 3.42. The molecule has 1 saturated carbocycles. The zero-order chi connectivity index (χ0) is 17.6. The van der Waals surface area contributed by atoms with E-state index < -0.39 is 17.2 Å². The Morgan fingerprint density at radius 1 is 1.21 bits per heavy atom. The Balaban J connectivity index is 1.95. The summed E-state index contributed by atoms with van der Waals surface area (Å²) in [6.45, 7) is 0.391. The molecule has 1 aromatic rings. The normalized spacial score (nSPS) is 16.1. The monoisotopic (exact) mass is 355 g/mol. The van der Waals surface area contributed by atoms with Crippen molar-refractivity contribution in [1.82, 2.24) is 5.32 Å². The second-order valence-corrected chi connectivity index (χ2v) is 6.87. The number of halogens is 2. The topological polar surface area (TPSA) is 66.4 Å². The van der Waals surface area contributed by atoms with E-state index in [1.807, 2.05) is 0 Å². The minimum absolute atomic E-state index is 0.0743. The van der Waals surface area contributed by atoms with Crippen LogP contribution >= 0.6 is 11.6 Å². The SMILES string of the molecule is O=C(O)CCCCC(=O)NCC1(c2cccc(Cl)c2F)CCCC1. The van der Waals surface area contributed by atoms with Gasteiger partial charge in [-0.15, -0.1) is 0 Å². The molecule has 4 nitrogen and oxygen atoms in total. The number of carbonyl (C=O) groups is 2. The van der Waals surface area contributed by atoms with Crippen LogP contribution in [-0.4, -0.2) is 23.5 Å². The number of carboxylic acids is 1. The molecule has 0 atom stereocenters. The third-order valence-electron chi connectivity index (χ3n) is 4.75. The van der Waals surface area contributed by atoms with Crippen molar-refractivity contribution in [3.63, 3.8) is 0 Å². The van der Waals surface area contributed by atoms with E-state index in [9.17, 15) is 14.0 Å². The number of hydrogen-bond donors (Lipinski definition) is 2. The molecule has 2 rings (SSSR count). The summed E-state index contributed by atoms with van der Waals surface area (Å²) < 4.78 is 14.4. The molecular formula is C18H23ClFNO3. The van der Waals surface area contributed by atoms with E-state index in [0.29, 0.717) is 31.4 Å². The van der Waals surface area contributed by atoms with E-state index in [4.69, 9.17) is 16.7 Å². The van der Waals surface area contributed by atoms with Crippen LogP contribution < -0.4 is 5.32 Å². The Labute approximate surface area is 146 Å². The van der Waals surface area contributed by atoms with Crippen molar-refractivity contribution in [2.24, 2.45) is 0 Å². The van der Waals surface area contributed by atoms with Crippen LogP contribution in [0.5, 0.6) is 0 Å².